The van der Waals surface area contributed by atoms with Gasteiger partial charge in [-0.1, -0.05) is 27.7 Å². The monoisotopic (exact) mass is 432 g/mol. The van der Waals surface area contributed by atoms with Crippen LogP contribution in [0.2, 0.25) is 0 Å². The van der Waals surface area contributed by atoms with Gasteiger partial charge in [-0.05, 0) is 82.8 Å². The van der Waals surface area contributed by atoms with Crippen molar-refractivity contribution < 1.29 is 0 Å². The fraction of sp³-hybridized carbons (Fsp3) is 1.00. The smallest absolute Gasteiger partial charge is 0.0530 e. The van der Waals surface area contributed by atoms with Crippen LogP contribution in [0.5, 0.6) is 0 Å². The van der Waals surface area contributed by atoms with Gasteiger partial charge in [0.2, 0.25) is 0 Å². The molecule has 2 aliphatic heterocycles. The van der Waals surface area contributed by atoms with Crippen molar-refractivity contribution in [2.75, 3.05) is 7.05 Å². The van der Waals surface area contributed by atoms with Crippen LogP contribution in [0.15, 0.2) is 0 Å². The van der Waals surface area contributed by atoms with Crippen LogP contribution in [0.25, 0.3) is 0 Å². The fourth-order valence-corrected chi connectivity index (χ4v) is 10.9. The van der Waals surface area contributed by atoms with Gasteiger partial charge in [-0.2, -0.15) is 25.3 Å². The van der Waals surface area contributed by atoms with Crippen LogP contribution in [0.3, 0.4) is 0 Å². The van der Waals surface area contributed by atoms with Crippen LogP contribution >= 0.6 is 34.5 Å². The first kappa shape index (κ1) is 24.3. The predicted molar refractivity (Wildman–Crippen MR) is 131 cm³/mol. The Morgan fingerprint density at radius 2 is 1.59 bits per heavy atom. The molecule has 0 saturated carbocycles. The van der Waals surface area contributed by atoms with Crippen LogP contribution in [-0.2, 0) is 0 Å². The molecule has 2 fully saturated rings. The third kappa shape index (κ3) is 4.27. The van der Waals surface area contributed by atoms with Gasteiger partial charge in [0.25, 0.3) is 0 Å². The Labute approximate surface area is 182 Å². The molecule has 0 aliphatic carbocycles. The summed E-state index contributed by atoms with van der Waals surface area (Å²) in [6.07, 6.45) is 4.51. The maximum Gasteiger partial charge on any atom is 0.0530 e. The highest BCUT2D eigenvalue weighted by Crippen LogP contribution is 2.65. The molecule has 2 aliphatic rings. The van der Waals surface area contributed by atoms with Crippen LogP contribution < -0.4 is 5.32 Å². The van der Waals surface area contributed by atoms with E-state index in [-0.39, 0.29) is 21.1 Å². The standard InChI is InChI=1S/C22H45N2PS2/c1-14-10-18(26)24(9)16(3)12-19(4,5)22(14)17(25)11-15(2)23-20(6,7)13-21(22,8)27/h14-18,23,26-27H,10-13,25H2,1-9H3. The molecule has 2 saturated heterocycles. The highest BCUT2D eigenvalue weighted by Gasteiger charge is 2.63. The third-order valence-corrected chi connectivity index (χ3v) is 9.84. The fourth-order valence-electron chi connectivity index (χ4n) is 7.56. The van der Waals surface area contributed by atoms with Crippen LogP contribution in [0.1, 0.15) is 81.1 Å². The van der Waals surface area contributed by atoms with Crippen molar-refractivity contribution in [3.05, 3.63) is 0 Å². The summed E-state index contributed by atoms with van der Waals surface area (Å²) in [4.78, 5) is 2.47. The van der Waals surface area contributed by atoms with Gasteiger partial charge in [0.05, 0.1) is 5.37 Å². The van der Waals surface area contributed by atoms with Gasteiger partial charge in [-0.25, -0.2) is 0 Å². The average molecular weight is 433 g/mol. The summed E-state index contributed by atoms with van der Waals surface area (Å²) in [6, 6.07) is 1.02. The molecule has 2 heterocycles. The minimum atomic E-state index is -0.0812. The number of thiol groups is 2. The molecular weight excluding hydrogens is 387 g/mol. The highest BCUT2D eigenvalue weighted by atomic mass is 32.1. The topological polar surface area (TPSA) is 15.3 Å². The Hall–Kier alpha value is 1.05. The van der Waals surface area contributed by atoms with Gasteiger partial charge in [0.15, 0.2) is 0 Å². The van der Waals surface area contributed by atoms with E-state index in [0.29, 0.717) is 29.0 Å². The summed E-state index contributed by atoms with van der Waals surface area (Å²) in [7, 11) is 5.53. The summed E-state index contributed by atoms with van der Waals surface area (Å²) in [6.45, 7) is 19.4. The summed E-state index contributed by atoms with van der Waals surface area (Å²) in [5.74, 6) is 0.538. The zero-order valence-electron chi connectivity index (χ0n) is 19.1. The number of nitrogens with one attached hydrogen (secondary N) is 1. The molecule has 27 heavy (non-hydrogen) atoms. The lowest BCUT2D eigenvalue weighted by Gasteiger charge is -2.66. The molecule has 160 valence electrons. The van der Waals surface area contributed by atoms with Gasteiger partial charge in [0.1, 0.15) is 0 Å². The Morgan fingerprint density at radius 3 is 2.15 bits per heavy atom. The first-order valence-corrected chi connectivity index (χ1v) is 12.4. The Bertz CT molecular complexity index is 536. The SMILES string of the molecule is CC1CC(P)C2(C(C)CC(S)N(C)C(C)CC2(C)C)C(C)(S)CC(C)(C)N1. The lowest BCUT2D eigenvalue weighted by atomic mass is 9.47. The number of likely N-dealkylation sites (tertiary alicyclic amines) is 1. The number of hydrogen-bond donors (Lipinski definition) is 3. The molecule has 0 amide bonds. The van der Waals surface area contributed by atoms with E-state index in [2.05, 4.69) is 81.9 Å². The molecule has 0 aromatic heterocycles. The molecule has 8 unspecified atom stereocenters. The average Bonchev–Trinajstić information content (AvgIpc) is 2.41. The van der Waals surface area contributed by atoms with Gasteiger partial charge in [-0.15, -0.1) is 9.24 Å². The van der Waals surface area contributed by atoms with E-state index in [0.717, 1.165) is 12.8 Å². The number of nitrogens with zero attached hydrogens (tertiary/aromatic N) is 1. The van der Waals surface area contributed by atoms with Crippen molar-refractivity contribution in [2.24, 2.45) is 16.7 Å². The second-order valence-electron chi connectivity index (χ2n) is 11.3. The van der Waals surface area contributed by atoms with Gasteiger partial charge in [-0.3, -0.25) is 4.90 Å². The van der Waals surface area contributed by atoms with Crippen molar-refractivity contribution >= 4 is 34.5 Å². The number of hydrogen-bond acceptors (Lipinski definition) is 4. The second kappa shape index (κ2) is 7.95. The molecule has 5 heteroatoms. The molecule has 1 spiro atoms. The van der Waals surface area contributed by atoms with Gasteiger partial charge >= 0.3 is 0 Å². The molecule has 0 radical (unpaired) electrons. The van der Waals surface area contributed by atoms with Crippen molar-refractivity contribution in [2.45, 2.75) is 114 Å². The van der Waals surface area contributed by atoms with E-state index in [1.54, 1.807) is 0 Å². The first-order valence-electron chi connectivity index (χ1n) is 10.7. The van der Waals surface area contributed by atoms with E-state index >= 15 is 0 Å². The highest BCUT2D eigenvalue weighted by molar-refractivity contribution is 7.81. The first-order chi connectivity index (χ1) is 12.1. The summed E-state index contributed by atoms with van der Waals surface area (Å²) < 4.78 is -0.0812. The summed E-state index contributed by atoms with van der Waals surface area (Å²) in [5, 5.41) is 4.18. The van der Waals surface area contributed by atoms with E-state index in [9.17, 15) is 0 Å². The molecular formula is C22H45N2PS2. The van der Waals surface area contributed by atoms with Gasteiger partial charge in [0, 0.05) is 22.4 Å². The van der Waals surface area contributed by atoms with Crippen molar-refractivity contribution in [1.82, 2.24) is 10.2 Å². The maximum absolute atomic E-state index is 5.51. The minimum Gasteiger partial charge on any atom is -0.309 e. The van der Waals surface area contributed by atoms with Gasteiger partial charge < -0.3 is 5.32 Å². The molecule has 2 rings (SSSR count). The van der Waals surface area contributed by atoms with E-state index in [1.165, 1.54) is 12.8 Å². The normalized spacial score (nSPS) is 49.1. The minimum absolute atomic E-state index is 0.0780. The number of rotatable bonds is 0. The summed E-state index contributed by atoms with van der Waals surface area (Å²) in [5.41, 5.74) is 0.871. The zero-order valence-corrected chi connectivity index (χ0v) is 22.1. The van der Waals surface area contributed by atoms with Crippen molar-refractivity contribution in [3.8, 4) is 0 Å². The molecule has 2 nitrogen and oxygen atoms in total. The van der Waals surface area contributed by atoms with E-state index in [1.807, 2.05) is 0 Å². The lowest BCUT2D eigenvalue weighted by molar-refractivity contribution is -0.0825. The molecule has 1 N–H and O–H groups in total. The quantitative estimate of drug-likeness (QED) is 0.347. The van der Waals surface area contributed by atoms with Crippen LogP contribution in [-0.4, -0.2) is 45.4 Å². The maximum atomic E-state index is 5.51. The van der Waals surface area contributed by atoms with E-state index in [4.69, 9.17) is 25.3 Å². The lowest BCUT2D eigenvalue weighted by Crippen LogP contribution is -2.68. The summed E-state index contributed by atoms with van der Waals surface area (Å²) >= 11 is 10.5. The predicted octanol–water partition coefficient (Wildman–Crippen LogP) is 5.49. The largest absolute Gasteiger partial charge is 0.309 e. The van der Waals surface area contributed by atoms with Crippen molar-refractivity contribution in [3.63, 3.8) is 0 Å². The van der Waals surface area contributed by atoms with Crippen LogP contribution in [0.4, 0.5) is 0 Å². The van der Waals surface area contributed by atoms with E-state index < -0.39 is 0 Å². The van der Waals surface area contributed by atoms with Crippen molar-refractivity contribution in [1.29, 1.82) is 0 Å². The Balaban J connectivity index is 2.69. The van der Waals surface area contributed by atoms with Crippen LogP contribution in [0, 0.1) is 16.7 Å². The third-order valence-electron chi connectivity index (χ3n) is 7.94. The molecule has 0 aromatic carbocycles. The molecule has 0 aromatic rings. The molecule has 8 atom stereocenters. The second-order valence-corrected chi connectivity index (χ2v) is 13.7. The Kier molecular flexibility index (Phi) is 7.16. The zero-order chi connectivity index (χ0) is 21.0. The Morgan fingerprint density at radius 1 is 1.04 bits per heavy atom. The molecule has 0 bridgehead atoms.